The van der Waals surface area contributed by atoms with Crippen molar-refractivity contribution < 1.29 is 9.59 Å². The molecular formula is C22H32N4O2S. The molecule has 3 aliphatic heterocycles. The largest absolute Gasteiger partial charge is 0.353 e. The average Bonchev–Trinajstić information content (AvgIpc) is 3.27. The van der Waals surface area contributed by atoms with Crippen molar-refractivity contribution in [2.75, 3.05) is 18.8 Å². The molecule has 0 aliphatic carbocycles. The summed E-state index contributed by atoms with van der Waals surface area (Å²) in [6.45, 7) is 3.08. The van der Waals surface area contributed by atoms with E-state index in [0.29, 0.717) is 17.7 Å². The van der Waals surface area contributed by atoms with E-state index < -0.39 is 0 Å². The molecule has 3 atom stereocenters. The predicted octanol–water partition coefficient (Wildman–Crippen LogP) is 2.49. The second kappa shape index (κ2) is 9.85. The molecule has 3 aliphatic rings. The normalized spacial score (nSPS) is 27.3. The summed E-state index contributed by atoms with van der Waals surface area (Å²) in [6.07, 6.45) is 5.72. The number of likely N-dealkylation sites (tertiary alicyclic amines) is 1. The van der Waals surface area contributed by atoms with Crippen LogP contribution in [0.3, 0.4) is 0 Å². The molecule has 7 heteroatoms. The molecule has 3 heterocycles. The van der Waals surface area contributed by atoms with Crippen LogP contribution in [-0.4, -0.2) is 59.1 Å². The highest BCUT2D eigenvalue weighted by atomic mass is 32.2. The summed E-state index contributed by atoms with van der Waals surface area (Å²) in [7, 11) is 0. The lowest BCUT2D eigenvalue weighted by Gasteiger charge is -2.32. The summed E-state index contributed by atoms with van der Waals surface area (Å²) in [6, 6.07) is 11.4. The molecule has 1 aromatic rings. The van der Waals surface area contributed by atoms with Crippen LogP contribution in [0.2, 0.25) is 0 Å². The molecule has 3 N–H and O–H groups in total. The third-order valence-electron chi connectivity index (χ3n) is 6.28. The van der Waals surface area contributed by atoms with E-state index in [1.807, 2.05) is 11.8 Å². The summed E-state index contributed by atoms with van der Waals surface area (Å²) in [5.41, 5.74) is 1.36. The van der Waals surface area contributed by atoms with Crippen LogP contribution in [0.25, 0.3) is 0 Å². The number of unbranched alkanes of at least 4 members (excludes halogenated alkanes) is 1. The lowest BCUT2D eigenvalue weighted by Crippen LogP contribution is -2.44. The van der Waals surface area contributed by atoms with Crippen molar-refractivity contribution in [3.8, 4) is 0 Å². The third kappa shape index (κ3) is 5.66. The summed E-state index contributed by atoms with van der Waals surface area (Å²) in [4.78, 5) is 26.2. The number of carbonyl (C=O) groups is 2. The fraction of sp³-hybridized carbons (Fsp3) is 0.636. The maximum absolute atomic E-state index is 12.3. The van der Waals surface area contributed by atoms with Gasteiger partial charge in [-0.2, -0.15) is 11.8 Å². The van der Waals surface area contributed by atoms with Crippen LogP contribution in [0, 0.1) is 0 Å². The van der Waals surface area contributed by atoms with E-state index in [-0.39, 0.29) is 24.0 Å². The lowest BCUT2D eigenvalue weighted by atomic mass is 10.0. The van der Waals surface area contributed by atoms with Crippen LogP contribution < -0.4 is 16.0 Å². The average molecular weight is 417 g/mol. The molecule has 0 spiro atoms. The zero-order valence-corrected chi connectivity index (χ0v) is 17.8. The number of rotatable bonds is 8. The predicted molar refractivity (Wildman–Crippen MR) is 117 cm³/mol. The SMILES string of the molecule is O=C(CCCCC1SCC2NC(=O)NC21)NC1CCN(Cc2ccccc2)CC1. The van der Waals surface area contributed by atoms with Gasteiger partial charge in [0.05, 0.1) is 12.1 Å². The van der Waals surface area contributed by atoms with Gasteiger partial charge in [0.15, 0.2) is 0 Å². The van der Waals surface area contributed by atoms with E-state index in [2.05, 4.69) is 51.2 Å². The number of amides is 3. The zero-order valence-electron chi connectivity index (χ0n) is 16.9. The Balaban J connectivity index is 1.08. The molecule has 6 nitrogen and oxygen atoms in total. The number of hydrogen-bond donors (Lipinski definition) is 3. The first kappa shape index (κ1) is 20.5. The molecule has 1 aromatic carbocycles. The van der Waals surface area contributed by atoms with Gasteiger partial charge >= 0.3 is 6.03 Å². The van der Waals surface area contributed by atoms with Crippen molar-refractivity contribution >= 4 is 23.7 Å². The summed E-state index contributed by atoms with van der Waals surface area (Å²) >= 11 is 1.94. The molecule has 0 radical (unpaired) electrons. The van der Waals surface area contributed by atoms with Crippen molar-refractivity contribution in [2.45, 2.75) is 68.4 Å². The molecular weight excluding hydrogens is 384 g/mol. The maximum Gasteiger partial charge on any atom is 0.315 e. The second-order valence-electron chi connectivity index (χ2n) is 8.47. The van der Waals surface area contributed by atoms with Crippen LogP contribution in [0.5, 0.6) is 0 Å². The summed E-state index contributed by atoms with van der Waals surface area (Å²) < 4.78 is 0. The first-order chi connectivity index (χ1) is 14.2. The van der Waals surface area contributed by atoms with Crippen LogP contribution in [0.4, 0.5) is 4.79 Å². The van der Waals surface area contributed by atoms with Crippen LogP contribution in [-0.2, 0) is 11.3 Å². The first-order valence-corrected chi connectivity index (χ1v) is 12.0. The van der Waals surface area contributed by atoms with E-state index in [4.69, 9.17) is 0 Å². The molecule has 158 valence electrons. The third-order valence-corrected chi connectivity index (χ3v) is 7.79. The van der Waals surface area contributed by atoms with Gasteiger partial charge in [-0.3, -0.25) is 9.69 Å². The Morgan fingerprint density at radius 3 is 2.72 bits per heavy atom. The van der Waals surface area contributed by atoms with Crippen molar-refractivity contribution in [3.05, 3.63) is 35.9 Å². The second-order valence-corrected chi connectivity index (χ2v) is 9.74. The fourth-order valence-corrected chi connectivity index (χ4v) is 6.19. The molecule has 3 fully saturated rings. The fourth-order valence-electron chi connectivity index (χ4n) is 4.65. The summed E-state index contributed by atoms with van der Waals surface area (Å²) in [5.74, 6) is 1.19. The monoisotopic (exact) mass is 416 g/mol. The molecule has 0 aromatic heterocycles. The molecule has 4 rings (SSSR count). The molecule has 3 unspecified atom stereocenters. The Morgan fingerprint density at radius 1 is 1.14 bits per heavy atom. The van der Waals surface area contributed by atoms with Gasteiger partial charge in [0, 0.05) is 43.1 Å². The van der Waals surface area contributed by atoms with Gasteiger partial charge in [-0.15, -0.1) is 0 Å². The Labute approximate surface area is 177 Å². The van der Waals surface area contributed by atoms with E-state index in [1.165, 1.54) is 5.56 Å². The number of carbonyl (C=O) groups excluding carboxylic acids is 2. The number of benzene rings is 1. The highest BCUT2D eigenvalue weighted by Crippen LogP contribution is 2.33. The van der Waals surface area contributed by atoms with E-state index in [1.54, 1.807) is 0 Å². The van der Waals surface area contributed by atoms with E-state index >= 15 is 0 Å². The van der Waals surface area contributed by atoms with Gasteiger partial charge in [-0.1, -0.05) is 36.8 Å². The summed E-state index contributed by atoms with van der Waals surface area (Å²) in [5, 5.41) is 9.73. The smallest absolute Gasteiger partial charge is 0.315 e. The Kier molecular flexibility index (Phi) is 6.98. The number of fused-ring (bicyclic) bond motifs is 1. The lowest BCUT2D eigenvalue weighted by molar-refractivity contribution is -0.122. The van der Waals surface area contributed by atoms with Crippen molar-refractivity contribution in [1.29, 1.82) is 0 Å². The molecule has 3 amide bonds. The standard InChI is InChI=1S/C22H32N4O2S/c27-20(9-5-4-8-19-21-18(15-29-19)24-22(28)25-21)23-17-10-12-26(13-11-17)14-16-6-2-1-3-7-16/h1-3,6-7,17-19,21H,4-5,8-15H2,(H,23,27)(H2,24,25,28). The number of piperidine rings is 1. The Morgan fingerprint density at radius 2 is 1.93 bits per heavy atom. The van der Waals surface area contributed by atoms with Crippen LogP contribution >= 0.6 is 11.8 Å². The molecule has 0 bridgehead atoms. The maximum atomic E-state index is 12.3. The Bertz CT molecular complexity index is 693. The van der Waals surface area contributed by atoms with E-state index in [9.17, 15) is 9.59 Å². The highest BCUT2D eigenvalue weighted by Gasteiger charge is 2.42. The topological polar surface area (TPSA) is 73.5 Å². The first-order valence-electron chi connectivity index (χ1n) is 10.9. The number of thioether (sulfide) groups is 1. The van der Waals surface area contributed by atoms with Gasteiger partial charge < -0.3 is 16.0 Å². The Hall–Kier alpha value is -1.73. The van der Waals surface area contributed by atoms with Crippen LogP contribution in [0.1, 0.15) is 44.1 Å². The molecule has 3 saturated heterocycles. The zero-order chi connectivity index (χ0) is 20.1. The van der Waals surface area contributed by atoms with E-state index in [0.717, 1.165) is 57.5 Å². The number of hydrogen-bond acceptors (Lipinski definition) is 4. The van der Waals surface area contributed by atoms with Gasteiger partial charge in [-0.05, 0) is 31.2 Å². The van der Waals surface area contributed by atoms with Crippen LogP contribution in [0.15, 0.2) is 30.3 Å². The highest BCUT2D eigenvalue weighted by molar-refractivity contribution is 8.00. The minimum absolute atomic E-state index is 0.0282. The minimum atomic E-state index is -0.0282. The van der Waals surface area contributed by atoms with Gasteiger partial charge in [0.1, 0.15) is 0 Å². The van der Waals surface area contributed by atoms with Gasteiger partial charge in [0.2, 0.25) is 5.91 Å². The quantitative estimate of drug-likeness (QED) is 0.450. The molecule has 0 saturated carbocycles. The van der Waals surface area contributed by atoms with Gasteiger partial charge in [-0.25, -0.2) is 4.79 Å². The molecule has 29 heavy (non-hydrogen) atoms. The van der Waals surface area contributed by atoms with Gasteiger partial charge in [0.25, 0.3) is 0 Å². The number of urea groups is 1. The minimum Gasteiger partial charge on any atom is -0.353 e. The van der Waals surface area contributed by atoms with Crippen molar-refractivity contribution in [3.63, 3.8) is 0 Å². The number of nitrogens with one attached hydrogen (secondary N) is 3. The number of nitrogens with zero attached hydrogens (tertiary/aromatic N) is 1. The van der Waals surface area contributed by atoms with Crippen molar-refractivity contribution in [2.24, 2.45) is 0 Å². The van der Waals surface area contributed by atoms with Crippen molar-refractivity contribution in [1.82, 2.24) is 20.9 Å².